The number of benzene rings is 3. The molecule has 45 heavy (non-hydrogen) atoms. The lowest BCUT2D eigenvalue weighted by atomic mass is 10.1. The molecule has 0 aliphatic carbocycles. The number of carbonyl (C=O) groups excluding carboxylic acids is 1. The number of hydrogen-bond donors (Lipinski definition) is 0. The summed E-state index contributed by atoms with van der Waals surface area (Å²) in [5.41, 5.74) is 5.32. The van der Waals surface area contributed by atoms with Crippen molar-refractivity contribution in [3.05, 3.63) is 94.9 Å². The minimum atomic E-state index is -0.219. The third-order valence-corrected chi connectivity index (χ3v) is 8.23. The van der Waals surface area contributed by atoms with Crippen molar-refractivity contribution in [3.63, 3.8) is 0 Å². The summed E-state index contributed by atoms with van der Waals surface area (Å²) in [6.45, 7) is 9.26. The topological polar surface area (TPSA) is 89.5 Å². The molecule has 4 aromatic rings. The van der Waals surface area contributed by atoms with Gasteiger partial charge in [-0.25, -0.2) is 19.7 Å². The molecular formula is C35H39N5O5. The molecule has 10 heteroatoms. The van der Waals surface area contributed by atoms with Crippen LogP contribution in [0.4, 0.5) is 22.0 Å². The monoisotopic (exact) mass is 609 g/mol. The molecule has 1 fully saturated rings. The first-order chi connectivity index (χ1) is 21.9. The van der Waals surface area contributed by atoms with Gasteiger partial charge in [-0.1, -0.05) is 30.3 Å². The van der Waals surface area contributed by atoms with Crippen LogP contribution in [0, 0.1) is 13.8 Å². The van der Waals surface area contributed by atoms with E-state index >= 15 is 0 Å². The van der Waals surface area contributed by atoms with Gasteiger partial charge in [-0.05, 0) is 54.8 Å². The maximum atomic E-state index is 14.4. The minimum Gasteiger partial charge on any atom is -0.497 e. The van der Waals surface area contributed by atoms with Crippen LogP contribution in [-0.2, 0) is 17.7 Å². The Bertz CT molecular complexity index is 1650. The van der Waals surface area contributed by atoms with E-state index in [2.05, 4.69) is 4.90 Å². The number of carbonyl (C=O) groups is 1. The first-order valence-electron chi connectivity index (χ1n) is 15.2. The summed E-state index contributed by atoms with van der Waals surface area (Å²) in [7, 11) is 3.18. The Hall–Kier alpha value is -4.67. The number of aryl methyl sites for hydroxylation is 2. The van der Waals surface area contributed by atoms with Crippen LogP contribution in [-0.4, -0.2) is 74.6 Å². The van der Waals surface area contributed by atoms with E-state index in [0.717, 1.165) is 66.5 Å². The standard InChI is InChI=1S/C35H39N5O5/c1-24-7-5-8-25(2)33(24)39-23-27-22-36-32(20-26-9-6-10-29(19-26)45-18-15-38-13-16-44-17-14-38)37-34(27)40(35(39)41)30-12-11-28(42-3)21-31(30)43-4/h5-12,19,21-22H,13-18,20,23H2,1-4H3. The summed E-state index contributed by atoms with van der Waals surface area (Å²) in [5, 5.41) is 0. The normalized spacial score (nSPS) is 15.2. The number of rotatable bonds is 10. The molecule has 0 bridgehead atoms. The quantitative estimate of drug-likeness (QED) is 0.227. The number of hydrogen-bond acceptors (Lipinski definition) is 8. The highest BCUT2D eigenvalue weighted by atomic mass is 16.5. The predicted molar refractivity (Wildman–Crippen MR) is 173 cm³/mol. The van der Waals surface area contributed by atoms with Gasteiger partial charge in [-0.2, -0.15) is 0 Å². The van der Waals surface area contributed by atoms with Crippen molar-refractivity contribution >= 4 is 23.2 Å². The molecule has 2 aliphatic heterocycles. The second-order valence-electron chi connectivity index (χ2n) is 11.2. The van der Waals surface area contributed by atoms with Crippen LogP contribution in [0.3, 0.4) is 0 Å². The van der Waals surface area contributed by atoms with Gasteiger partial charge in [0, 0.05) is 43.9 Å². The average molecular weight is 610 g/mol. The molecule has 0 unspecified atom stereocenters. The second kappa shape index (κ2) is 13.5. The highest BCUT2D eigenvalue weighted by Crippen LogP contribution is 2.42. The highest BCUT2D eigenvalue weighted by molar-refractivity contribution is 6.11. The van der Waals surface area contributed by atoms with Gasteiger partial charge < -0.3 is 18.9 Å². The SMILES string of the molecule is COc1ccc(N2C(=O)N(c3c(C)cccc3C)Cc3cnc(Cc4cccc(OCCN5CCOCC5)c4)nc32)c(OC)c1. The van der Waals surface area contributed by atoms with Crippen LogP contribution in [0.25, 0.3) is 0 Å². The van der Waals surface area contributed by atoms with Gasteiger partial charge >= 0.3 is 6.03 Å². The number of anilines is 3. The number of aromatic nitrogens is 2. The molecule has 234 valence electrons. The van der Waals surface area contributed by atoms with Crippen molar-refractivity contribution in [1.29, 1.82) is 0 Å². The lowest BCUT2D eigenvalue weighted by Crippen LogP contribution is -2.46. The van der Waals surface area contributed by atoms with Crippen molar-refractivity contribution in [2.45, 2.75) is 26.8 Å². The summed E-state index contributed by atoms with van der Waals surface area (Å²) in [4.78, 5) is 29.9. The van der Waals surface area contributed by atoms with Gasteiger partial charge in [0.2, 0.25) is 0 Å². The Morgan fingerprint density at radius 3 is 2.44 bits per heavy atom. The van der Waals surface area contributed by atoms with Crippen molar-refractivity contribution < 1.29 is 23.7 Å². The zero-order valence-electron chi connectivity index (χ0n) is 26.3. The fourth-order valence-corrected chi connectivity index (χ4v) is 5.91. The summed E-state index contributed by atoms with van der Waals surface area (Å²) >= 11 is 0. The van der Waals surface area contributed by atoms with Crippen LogP contribution < -0.4 is 24.0 Å². The summed E-state index contributed by atoms with van der Waals surface area (Å²) in [5.74, 6) is 3.07. The van der Waals surface area contributed by atoms with E-state index in [9.17, 15) is 4.79 Å². The average Bonchev–Trinajstić information content (AvgIpc) is 3.05. The van der Waals surface area contributed by atoms with E-state index in [1.807, 2.05) is 74.6 Å². The third-order valence-electron chi connectivity index (χ3n) is 8.23. The molecule has 0 N–H and O–H groups in total. The minimum absolute atomic E-state index is 0.219. The largest absolute Gasteiger partial charge is 0.497 e. The van der Waals surface area contributed by atoms with E-state index in [0.29, 0.717) is 48.4 Å². The first-order valence-corrected chi connectivity index (χ1v) is 15.2. The van der Waals surface area contributed by atoms with Gasteiger partial charge in [0.25, 0.3) is 0 Å². The number of amides is 2. The molecule has 0 radical (unpaired) electrons. The van der Waals surface area contributed by atoms with Gasteiger partial charge in [-0.15, -0.1) is 0 Å². The van der Waals surface area contributed by atoms with E-state index in [4.69, 9.17) is 28.9 Å². The lowest BCUT2D eigenvalue weighted by molar-refractivity contribution is 0.0322. The van der Waals surface area contributed by atoms with E-state index in [1.54, 1.807) is 30.1 Å². The molecule has 10 nitrogen and oxygen atoms in total. The zero-order valence-corrected chi connectivity index (χ0v) is 26.3. The number of methoxy groups -OCH3 is 2. The molecule has 3 heterocycles. The second-order valence-corrected chi connectivity index (χ2v) is 11.2. The fraction of sp³-hybridized carbons (Fsp3) is 0.343. The first kappa shape index (κ1) is 30.4. The molecule has 2 amide bonds. The van der Waals surface area contributed by atoms with Crippen molar-refractivity contribution in [2.24, 2.45) is 0 Å². The molecule has 6 rings (SSSR count). The van der Waals surface area contributed by atoms with Crippen LogP contribution in [0.2, 0.25) is 0 Å². The van der Waals surface area contributed by atoms with Crippen LogP contribution in [0.5, 0.6) is 17.2 Å². The molecule has 0 spiro atoms. The third kappa shape index (κ3) is 6.57. The Labute approximate surface area is 264 Å². The Balaban J connectivity index is 1.31. The number of urea groups is 1. The molecule has 0 atom stereocenters. The smallest absolute Gasteiger partial charge is 0.335 e. The van der Waals surface area contributed by atoms with Crippen molar-refractivity contribution in [3.8, 4) is 17.2 Å². The molecule has 1 saturated heterocycles. The van der Waals surface area contributed by atoms with Crippen LogP contribution in [0.15, 0.2) is 66.9 Å². The van der Waals surface area contributed by atoms with Crippen molar-refractivity contribution in [1.82, 2.24) is 14.9 Å². The number of morpholine rings is 1. The predicted octanol–water partition coefficient (Wildman–Crippen LogP) is 5.69. The maximum absolute atomic E-state index is 14.4. The van der Waals surface area contributed by atoms with E-state index in [-0.39, 0.29) is 6.03 Å². The number of para-hydroxylation sites is 1. The molecule has 3 aromatic carbocycles. The Morgan fingerprint density at radius 1 is 0.911 bits per heavy atom. The Kier molecular flexibility index (Phi) is 9.13. The Morgan fingerprint density at radius 2 is 1.69 bits per heavy atom. The summed E-state index contributed by atoms with van der Waals surface area (Å²) in [6.07, 6.45) is 2.31. The summed E-state index contributed by atoms with van der Waals surface area (Å²) in [6, 6.07) is 19.2. The van der Waals surface area contributed by atoms with Gasteiger partial charge in [0.15, 0.2) is 0 Å². The molecule has 2 aliphatic rings. The number of nitrogens with zero attached hydrogens (tertiary/aromatic N) is 5. The molecular weight excluding hydrogens is 570 g/mol. The number of fused-ring (bicyclic) bond motifs is 1. The van der Waals surface area contributed by atoms with Crippen molar-refractivity contribution in [2.75, 3.05) is 63.5 Å². The van der Waals surface area contributed by atoms with Gasteiger partial charge in [0.1, 0.15) is 35.5 Å². The highest BCUT2D eigenvalue weighted by Gasteiger charge is 2.37. The maximum Gasteiger partial charge on any atom is 0.335 e. The van der Waals surface area contributed by atoms with Gasteiger partial charge in [0.05, 0.1) is 45.4 Å². The van der Waals surface area contributed by atoms with E-state index in [1.165, 1.54) is 0 Å². The number of ether oxygens (including phenoxy) is 4. The van der Waals surface area contributed by atoms with E-state index < -0.39 is 0 Å². The molecule has 1 aromatic heterocycles. The summed E-state index contributed by atoms with van der Waals surface area (Å²) < 4.78 is 22.7. The van der Waals surface area contributed by atoms with Crippen LogP contribution >= 0.6 is 0 Å². The van der Waals surface area contributed by atoms with Crippen LogP contribution in [0.1, 0.15) is 28.1 Å². The van der Waals surface area contributed by atoms with Gasteiger partial charge in [-0.3, -0.25) is 9.80 Å². The molecule has 0 saturated carbocycles. The zero-order chi connectivity index (χ0) is 31.3. The lowest BCUT2D eigenvalue weighted by Gasteiger charge is -2.37. The fourth-order valence-electron chi connectivity index (χ4n) is 5.91.